The maximum Gasteiger partial charge on any atom is 0.275 e. The Morgan fingerprint density at radius 2 is 1.95 bits per heavy atom. The second kappa shape index (κ2) is 8.46. The molecule has 1 N–H and O–H groups in total. The Labute approximate surface area is 126 Å². The fourth-order valence-electron chi connectivity index (χ4n) is 2.22. The van der Waals surface area contributed by atoms with E-state index in [-0.39, 0.29) is 11.7 Å². The fourth-order valence-corrected chi connectivity index (χ4v) is 2.22. The summed E-state index contributed by atoms with van der Waals surface area (Å²) in [6.45, 7) is 11.5. The Morgan fingerprint density at radius 3 is 2.48 bits per heavy atom. The van der Waals surface area contributed by atoms with Gasteiger partial charge in [-0.15, -0.1) is 0 Å². The highest BCUT2D eigenvalue weighted by Crippen LogP contribution is 2.26. The van der Waals surface area contributed by atoms with Gasteiger partial charge in [-0.3, -0.25) is 10.1 Å². The molecule has 118 valence electrons. The number of rotatable bonds is 9. The van der Waals surface area contributed by atoms with Gasteiger partial charge < -0.3 is 15.0 Å². The van der Waals surface area contributed by atoms with Gasteiger partial charge in [0.25, 0.3) is 5.69 Å². The SMILES string of the molecule is CCOc1cc(NC(C)CN(CC)CC)cc([N+](=O)[O-])c1. The molecule has 1 rings (SSSR count). The van der Waals surface area contributed by atoms with E-state index < -0.39 is 4.92 Å². The first-order valence-electron chi connectivity index (χ1n) is 7.41. The summed E-state index contributed by atoms with van der Waals surface area (Å²) in [5.41, 5.74) is 0.755. The fraction of sp³-hybridized carbons (Fsp3) is 0.600. The number of benzene rings is 1. The summed E-state index contributed by atoms with van der Waals surface area (Å²) in [6.07, 6.45) is 0. The lowest BCUT2D eigenvalue weighted by Crippen LogP contribution is -2.34. The summed E-state index contributed by atoms with van der Waals surface area (Å²) >= 11 is 0. The van der Waals surface area contributed by atoms with Gasteiger partial charge in [-0.2, -0.15) is 0 Å². The smallest absolute Gasteiger partial charge is 0.275 e. The maximum atomic E-state index is 11.0. The van der Waals surface area contributed by atoms with Crippen molar-refractivity contribution in [2.24, 2.45) is 0 Å². The van der Waals surface area contributed by atoms with E-state index in [1.54, 1.807) is 12.1 Å². The lowest BCUT2D eigenvalue weighted by molar-refractivity contribution is -0.384. The summed E-state index contributed by atoms with van der Waals surface area (Å²) in [7, 11) is 0. The van der Waals surface area contributed by atoms with Gasteiger partial charge in [0.05, 0.1) is 17.6 Å². The Balaban J connectivity index is 2.83. The molecule has 6 nitrogen and oxygen atoms in total. The van der Waals surface area contributed by atoms with Gasteiger partial charge >= 0.3 is 0 Å². The summed E-state index contributed by atoms with van der Waals surface area (Å²) in [5.74, 6) is 0.518. The van der Waals surface area contributed by atoms with Crippen molar-refractivity contribution in [3.8, 4) is 5.75 Å². The summed E-state index contributed by atoms with van der Waals surface area (Å²) in [4.78, 5) is 12.9. The van der Waals surface area contributed by atoms with Crippen LogP contribution < -0.4 is 10.1 Å². The van der Waals surface area contributed by atoms with Crippen LogP contribution in [0, 0.1) is 10.1 Å². The Hall–Kier alpha value is -1.82. The highest BCUT2D eigenvalue weighted by molar-refractivity contribution is 5.56. The zero-order valence-corrected chi connectivity index (χ0v) is 13.3. The zero-order chi connectivity index (χ0) is 15.8. The van der Waals surface area contributed by atoms with Gasteiger partial charge in [0.1, 0.15) is 5.75 Å². The lowest BCUT2D eigenvalue weighted by Gasteiger charge is -2.24. The molecular weight excluding hydrogens is 270 g/mol. The summed E-state index contributed by atoms with van der Waals surface area (Å²) < 4.78 is 5.39. The third-order valence-electron chi connectivity index (χ3n) is 3.25. The molecule has 0 fully saturated rings. The van der Waals surface area contributed by atoms with Gasteiger partial charge in [-0.1, -0.05) is 13.8 Å². The first-order chi connectivity index (χ1) is 9.99. The summed E-state index contributed by atoms with van der Waals surface area (Å²) in [6, 6.07) is 4.99. The number of nitro groups is 1. The number of hydrogen-bond donors (Lipinski definition) is 1. The van der Waals surface area contributed by atoms with Crippen LogP contribution in [0.2, 0.25) is 0 Å². The number of anilines is 1. The molecule has 0 aliphatic carbocycles. The average molecular weight is 295 g/mol. The molecule has 1 unspecified atom stereocenters. The van der Waals surface area contributed by atoms with E-state index in [2.05, 4.69) is 31.0 Å². The number of nitrogens with one attached hydrogen (secondary N) is 1. The number of likely N-dealkylation sites (N-methyl/N-ethyl adjacent to an activating group) is 1. The molecule has 0 amide bonds. The number of nitrogens with zero attached hydrogens (tertiary/aromatic N) is 2. The van der Waals surface area contributed by atoms with E-state index in [9.17, 15) is 10.1 Å². The molecule has 0 aromatic heterocycles. The Morgan fingerprint density at radius 1 is 1.29 bits per heavy atom. The van der Waals surface area contributed by atoms with Crippen LogP contribution in [0.1, 0.15) is 27.7 Å². The van der Waals surface area contributed by atoms with E-state index in [1.165, 1.54) is 6.07 Å². The summed E-state index contributed by atoms with van der Waals surface area (Å²) in [5, 5.41) is 14.3. The van der Waals surface area contributed by atoms with Gasteiger partial charge in [0.2, 0.25) is 0 Å². The van der Waals surface area contributed by atoms with Gasteiger partial charge in [0, 0.05) is 30.4 Å². The van der Waals surface area contributed by atoms with Crippen LogP contribution in [0.5, 0.6) is 5.75 Å². The molecular formula is C15H25N3O3. The predicted molar refractivity (Wildman–Crippen MR) is 85.1 cm³/mol. The lowest BCUT2D eigenvalue weighted by atomic mass is 10.2. The zero-order valence-electron chi connectivity index (χ0n) is 13.3. The highest BCUT2D eigenvalue weighted by atomic mass is 16.6. The molecule has 0 saturated carbocycles. The van der Waals surface area contributed by atoms with E-state index in [0.29, 0.717) is 18.0 Å². The molecule has 0 aliphatic rings. The molecule has 1 atom stereocenters. The van der Waals surface area contributed by atoms with Crippen molar-refractivity contribution in [3.05, 3.63) is 28.3 Å². The van der Waals surface area contributed by atoms with Crippen molar-refractivity contribution in [1.82, 2.24) is 4.90 Å². The number of ether oxygens (including phenoxy) is 1. The van der Waals surface area contributed by atoms with E-state index in [1.807, 2.05) is 6.92 Å². The minimum Gasteiger partial charge on any atom is -0.494 e. The molecule has 21 heavy (non-hydrogen) atoms. The monoisotopic (exact) mass is 295 g/mol. The Kier molecular flexibility index (Phi) is 6.94. The molecule has 6 heteroatoms. The van der Waals surface area contributed by atoms with Gasteiger partial charge in [-0.25, -0.2) is 0 Å². The third kappa shape index (κ3) is 5.59. The second-order valence-electron chi connectivity index (χ2n) is 4.94. The van der Waals surface area contributed by atoms with Crippen molar-refractivity contribution < 1.29 is 9.66 Å². The average Bonchev–Trinajstić information content (AvgIpc) is 2.44. The quantitative estimate of drug-likeness (QED) is 0.560. The van der Waals surface area contributed by atoms with Crippen molar-refractivity contribution in [3.63, 3.8) is 0 Å². The third-order valence-corrected chi connectivity index (χ3v) is 3.25. The largest absolute Gasteiger partial charge is 0.494 e. The van der Waals surface area contributed by atoms with E-state index in [4.69, 9.17) is 4.74 Å². The second-order valence-corrected chi connectivity index (χ2v) is 4.94. The van der Waals surface area contributed by atoms with Gasteiger partial charge in [0.15, 0.2) is 0 Å². The van der Waals surface area contributed by atoms with Crippen LogP contribution >= 0.6 is 0 Å². The van der Waals surface area contributed by atoms with Crippen molar-refractivity contribution >= 4 is 11.4 Å². The van der Waals surface area contributed by atoms with Crippen LogP contribution in [-0.2, 0) is 0 Å². The predicted octanol–water partition coefficient (Wildman–Crippen LogP) is 3.14. The minimum absolute atomic E-state index is 0.0403. The minimum atomic E-state index is -0.400. The number of nitro benzene ring substituents is 1. The van der Waals surface area contributed by atoms with Crippen molar-refractivity contribution in [1.29, 1.82) is 0 Å². The molecule has 1 aromatic rings. The first-order valence-corrected chi connectivity index (χ1v) is 7.41. The van der Waals surface area contributed by atoms with Crippen LogP contribution in [0.25, 0.3) is 0 Å². The van der Waals surface area contributed by atoms with Crippen molar-refractivity contribution in [2.45, 2.75) is 33.7 Å². The highest BCUT2D eigenvalue weighted by Gasteiger charge is 2.13. The van der Waals surface area contributed by atoms with Crippen LogP contribution in [0.4, 0.5) is 11.4 Å². The Bertz CT molecular complexity index is 461. The molecule has 0 heterocycles. The van der Waals surface area contributed by atoms with E-state index in [0.717, 1.165) is 19.6 Å². The van der Waals surface area contributed by atoms with E-state index >= 15 is 0 Å². The molecule has 0 aliphatic heterocycles. The van der Waals surface area contributed by atoms with Crippen LogP contribution in [0.3, 0.4) is 0 Å². The standard InChI is InChI=1S/C15H25N3O3/c1-5-17(6-2)11-12(4)16-13-8-14(18(19)20)10-15(9-13)21-7-3/h8-10,12,16H,5-7,11H2,1-4H3. The molecule has 0 spiro atoms. The normalized spacial score (nSPS) is 12.2. The molecule has 0 bridgehead atoms. The van der Waals surface area contributed by atoms with Gasteiger partial charge in [-0.05, 0) is 26.9 Å². The molecule has 1 aromatic carbocycles. The number of non-ortho nitro benzene ring substituents is 1. The van der Waals surface area contributed by atoms with Crippen LogP contribution in [-0.4, -0.2) is 42.1 Å². The van der Waals surface area contributed by atoms with Crippen LogP contribution in [0.15, 0.2) is 18.2 Å². The molecule has 0 saturated heterocycles. The number of hydrogen-bond acceptors (Lipinski definition) is 5. The van der Waals surface area contributed by atoms with Crippen molar-refractivity contribution in [2.75, 3.05) is 31.6 Å². The maximum absolute atomic E-state index is 11.0. The molecule has 0 radical (unpaired) electrons. The first kappa shape index (κ1) is 17.2. The topological polar surface area (TPSA) is 67.6 Å².